The molecule has 88 valence electrons. The van der Waals surface area contributed by atoms with Crippen LogP contribution in [0.5, 0.6) is 5.75 Å². The highest BCUT2D eigenvalue weighted by atomic mass is 16.5. The number of ether oxygens (including phenoxy) is 1. The minimum Gasteiger partial charge on any atom is -0.497 e. The average molecular weight is 231 g/mol. The number of methoxy groups -OCH3 is 1. The van der Waals surface area contributed by atoms with E-state index >= 15 is 0 Å². The summed E-state index contributed by atoms with van der Waals surface area (Å²) in [6, 6.07) is 7.51. The van der Waals surface area contributed by atoms with E-state index in [0.717, 1.165) is 22.4 Å². The molecule has 17 heavy (non-hydrogen) atoms. The number of H-pyrrole nitrogens is 1. The van der Waals surface area contributed by atoms with Gasteiger partial charge in [-0.15, -0.1) is 0 Å². The van der Waals surface area contributed by atoms with Crippen LogP contribution in [0, 0.1) is 6.92 Å². The second-order valence-electron chi connectivity index (χ2n) is 3.74. The van der Waals surface area contributed by atoms with Gasteiger partial charge >= 0.3 is 5.97 Å². The zero-order valence-electron chi connectivity index (χ0n) is 9.65. The van der Waals surface area contributed by atoms with Gasteiger partial charge in [0, 0.05) is 11.8 Å². The van der Waals surface area contributed by atoms with Crippen molar-refractivity contribution in [1.82, 2.24) is 4.98 Å². The minimum absolute atomic E-state index is 0.232. The molecule has 0 radical (unpaired) electrons. The molecule has 0 aliphatic rings. The first-order valence-electron chi connectivity index (χ1n) is 5.19. The predicted octanol–water partition coefficient (Wildman–Crippen LogP) is 2.70. The molecule has 0 saturated heterocycles. The Morgan fingerprint density at radius 2 is 1.94 bits per heavy atom. The molecule has 2 rings (SSSR count). The normalized spacial score (nSPS) is 10.2. The zero-order valence-corrected chi connectivity index (χ0v) is 9.65. The molecule has 4 heteroatoms. The summed E-state index contributed by atoms with van der Waals surface area (Å²) in [6.45, 7) is 1.79. The summed E-state index contributed by atoms with van der Waals surface area (Å²) in [5, 5.41) is 8.96. The van der Waals surface area contributed by atoms with Crippen LogP contribution in [0.3, 0.4) is 0 Å². The van der Waals surface area contributed by atoms with Gasteiger partial charge in [-0.05, 0) is 30.2 Å². The Bertz CT molecular complexity index is 540. The predicted molar refractivity (Wildman–Crippen MR) is 64.5 cm³/mol. The zero-order chi connectivity index (χ0) is 12.4. The van der Waals surface area contributed by atoms with Gasteiger partial charge in [-0.1, -0.05) is 12.1 Å². The molecule has 2 aromatic rings. The highest BCUT2D eigenvalue weighted by molar-refractivity contribution is 5.90. The quantitative estimate of drug-likeness (QED) is 0.853. The standard InChI is InChI=1S/C13H13NO3/c1-8-11(7-14-12(8)13(15)16)9-3-5-10(17-2)6-4-9/h3-7,14H,1-2H3,(H,15,16). The van der Waals surface area contributed by atoms with Gasteiger partial charge in [-0.3, -0.25) is 0 Å². The number of carbonyl (C=O) groups is 1. The van der Waals surface area contributed by atoms with E-state index in [1.165, 1.54) is 0 Å². The molecule has 4 nitrogen and oxygen atoms in total. The molecule has 1 aromatic carbocycles. The van der Waals surface area contributed by atoms with Crippen LogP contribution in [0.15, 0.2) is 30.5 Å². The molecule has 0 unspecified atom stereocenters. The molecular weight excluding hydrogens is 218 g/mol. The Labute approximate surface area is 98.9 Å². The Morgan fingerprint density at radius 3 is 2.41 bits per heavy atom. The van der Waals surface area contributed by atoms with E-state index in [-0.39, 0.29) is 5.69 Å². The lowest BCUT2D eigenvalue weighted by molar-refractivity contribution is 0.0690. The largest absolute Gasteiger partial charge is 0.497 e. The van der Waals surface area contributed by atoms with Crippen LogP contribution in [0.2, 0.25) is 0 Å². The van der Waals surface area contributed by atoms with Gasteiger partial charge < -0.3 is 14.8 Å². The molecule has 0 saturated carbocycles. The summed E-state index contributed by atoms with van der Waals surface area (Å²) in [6.07, 6.45) is 1.71. The molecule has 0 fully saturated rings. The van der Waals surface area contributed by atoms with Crippen molar-refractivity contribution in [3.8, 4) is 16.9 Å². The molecule has 0 amide bonds. The fourth-order valence-electron chi connectivity index (χ4n) is 1.79. The van der Waals surface area contributed by atoms with E-state index in [1.54, 1.807) is 20.2 Å². The lowest BCUT2D eigenvalue weighted by Gasteiger charge is -2.03. The van der Waals surface area contributed by atoms with E-state index in [2.05, 4.69) is 4.98 Å². The van der Waals surface area contributed by atoms with Gasteiger partial charge in [-0.25, -0.2) is 4.79 Å². The second-order valence-corrected chi connectivity index (χ2v) is 3.74. The lowest BCUT2D eigenvalue weighted by Crippen LogP contribution is -1.98. The monoisotopic (exact) mass is 231 g/mol. The molecular formula is C13H13NO3. The van der Waals surface area contributed by atoms with Crippen molar-refractivity contribution in [2.45, 2.75) is 6.92 Å². The fraction of sp³-hybridized carbons (Fsp3) is 0.154. The van der Waals surface area contributed by atoms with Gasteiger partial charge in [0.1, 0.15) is 11.4 Å². The topological polar surface area (TPSA) is 62.3 Å². The van der Waals surface area contributed by atoms with Crippen LogP contribution in [0.25, 0.3) is 11.1 Å². The van der Waals surface area contributed by atoms with Crippen molar-refractivity contribution in [3.05, 3.63) is 41.7 Å². The van der Waals surface area contributed by atoms with E-state index in [4.69, 9.17) is 9.84 Å². The number of nitrogens with one attached hydrogen (secondary N) is 1. The molecule has 2 N–H and O–H groups in total. The van der Waals surface area contributed by atoms with Crippen LogP contribution in [-0.4, -0.2) is 23.2 Å². The summed E-state index contributed by atoms with van der Waals surface area (Å²) in [7, 11) is 1.61. The summed E-state index contributed by atoms with van der Waals surface area (Å²) in [4.78, 5) is 13.7. The molecule has 0 atom stereocenters. The van der Waals surface area contributed by atoms with Crippen LogP contribution >= 0.6 is 0 Å². The molecule has 0 bridgehead atoms. The maximum absolute atomic E-state index is 10.9. The Kier molecular flexibility index (Phi) is 2.87. The van der Waals surface area contributed by atoms with Gasteiger partial charge in [0.05, 0.1) is 7.11 Å². The smallest absolute Gasteiger partial charge is 0.352 e. The van der Waals surface area contributed by atoms with Gasteiger partial charge in [0.25, 0.3) is 0 Å². The SMILES string of the molecule is COc1ccc(-c2c[nH]c(C(=O)O)c2C)cc1. The van der Waals surface area contributed by atoms with Crippen LogP contribution < -0.4 is 4.74 Å². The Balaban J connectivity index is 2.42. The number of benzene rings is 1. The maximum atomic E-state index is 10.9. The van der Waals surface area contributed by atoms with Crippen molar-refractivity contribution in [2.75, 3.05) is 7.11 Å². The molecule has 1 heterocycles. The van der Waals surface area contributed by atoms with Gasteiger partial charge in [-0.2, -0.15) is 0 Å². The molecule has 0 spiro atoms. The van der Waals surface area contributed by atoms with Crippen molar-refractivity contribution < 1.29 is 14.6 Å². The fourth-order valence-corrected chi connectivity index (χ4v) is 1.79. The van der Waals surface area contributed by atoms with E-state index < -0.39 is 5.97 Å². The van der Waals surface area contributed by atoms with Crippen molar-refractivity contribution >= 4 is 5.97 Å². The lowest BCUT2D eigenvalue weighted by atomic mass is 10.0. The molecule has 1 aromatic heterocycles. The third-order valence-corrected chi connectivity index (χ3v) is 2.75. The van der Waals surface area contributed by atoms with Gasteiger partial charge in [0.15, 0.2) is 0 Å². The summed E-state index contributed by atoms with van der Waals surface area (Å²) in [5.74, 6) is -0.164. The average Bonchev–Trinajstić information content (AvgIpc) is 2.71. The number of aromatic nitrogens is 1. The summed E-state index contributed by atoms with van der Waals surface area (Å²) >= 11 is 0. The first-order chi connectivity index (χ1) is 8.13. The van der Waals surface area contributed by atoms with Crippen LogP contribution in [0.1, 0.15) is 16.1 Å². The summed E-state index contributed by atoms with van der Waals surface area (Å²) < 4.78 is 5.08. The summed E-state index contributed by atoms with van der Waals surface area (Å²) in [5.41, 5.74) is 2.83. The minimum atomic E-state index is -0.942. The molecule has 0 aliphatic carbocycles. The van der Waals surface area contributed by atoms with Crippen LogP contribution in [0.4, 0.5) is 0 Å². The van der Waals surface area contributed by atoms with Crippen LogP contribution in [-0.2, 0) is 0 Å². The van der Waals surface area contributed by atoms with Crippen molar-refractivity contribution in [3.63, 3.8) is 0 Å². The van der Waals surface area contributed by atoms with Gasteiger partial charge in [0.2, 0.25) is 0 Å². The number of aromatic carboxylic acids is 1. The first-order valence-corrected chi connectivity index (χ1v) is 5.19. The number of hydrogen-bond donors (Lipinski definition) is 2. The number of carboxylic acid groups (broad SMARTS) is 1. The number of aromatic amines is 1. The van der Waals surface area contributed by atoms with Crippen molar-refractivity contribution in [1.29, 1.82) is 0 Å². The second kappa shape index (κ2) is 4.33. The number of rotatable bonds is 3. The molecule has 0 aliphatic heterocycles. The van der Waals surface area contributed by atoms with E-state index in [1.807, 2.05) is 24.3 Å². The Hall–Kier alpha value is -2.23. The maximum Gasteiger partial charge on any atom is 0.352 e. The Morgan fingerprint density at radius 1 is 1.29 bits per heavy atom. The van der Waals surface area contributed by atoms with Crippen molar-refractivity contribution in [2.24, 2.45) is 0 Å². The number of carboxylic acids is 1. The highest BCUT2D eigenvalue weighted by Crippen LogP contribution is 2.27. The number of hydrogen-bond acceptors (Lipinski definition) is 2. The van der Waals surface area contributed by atoms with E-state index in [9.17, 15) is 4.79 Å². The third kappa shape index (κ3) is 2.01. The first kappa shape index (κ1) is 11.3. The highest BCUT2D eigenvalue weighted by Gasteiger charge is 2.13. The third-order valence-electron chi connectivity index (χ3n) is 2.75. The van der Waals surface area contributed by atoms with E-state index in [0.29, 0.717) is 0 Å².